The van der Waals surface area contributed by atoms with Crippen LogP contribution in [0.25, 0.3) is 0 Å². The molecule has 0 aliphatic carbocycles. The number of carbonyl (C=O) groups is 2. The van der Waals surface area contributed by atoms with Crippen LogP contribution in [0.4, 0.5) is 0 Å². The van der Waals surface area contributed by atoms with Crippen molar-refractivity contribution in [2.45, 2.75) is 213 Å². The number of phosphoric acid groups is 1. The van der Waals surface area contributed by atoms with Crippen molar-refractivity contribution in [3.63, 3.8) is 0 Å². The predicted molar refractivity (Wildman–Crippen MR) is 225 cm³/mol. The predicted octanol–water partition coefficient (Wildman–Crippen LogP) is 13.5. The minimum absolute atomic E-state index is 0.160. The Bertz CT molecular complexity index is 1020. The molecule has 0 fully saturated rings. The first-order chi connectivity index (χ1) is 26.3. The molecule has 314 valence electrons. The first-order valence-corrected chi connectivity index (χ1v) is 23.5. The number of hydrogen-bond donors (Lipinski definition) is 2. The van der Waals surface area contributed by atoms with Crippen molar-refractivity contribution in [2.24, 2.45) is 0 Å². The first kappa shape index (κ1) is 52.0. The lowest BCUT2D eigenvalue weighted by atomic mass is 10.0. The van der Waals surface area contributed by atoms with Crippen molar-refractivity contribution >= 4 is 19.8 Å². The van der Waals surface area contributed by atoms with Gasteiger partial charge in [-0.1, -0.05) is 191 Å². The van der Waals surface area contributed by atoms with E-state index in [1.54, 1.807) is 0 Å². The molecule has 2 N–H and O–H groups in total. The minimum Gasteiger partial charge on any atom is -0.462 e. The van der Waals surface area contributed by atoms with E-state index in [2.05, 4.69) is 67.0 Å². The van der Waals surface area contributed by atoms with Crippen molar-refractivity contribution in [2.75, 3.05) is 13.2 Å². The zero-order valence-corrected chi connectivity index (χ0v) is 35.5. The molecule has 0 aliphatic rings. The second-order valence-corrected chi connectivity index (χ2v) is 15.9. The molecule has 0 rings (SSSR count). The molecule has 0 aromatic heterocycles. The number of carbonyl (C=O) groups excluding carboxylic acids is 2. The zero-order valence-electron chi connectivity index (χ0n) is 34.6. The highest BCUT2D eigenvalue weighted by atomic mass is 31.2. The molecular weight excluding hydrogens is 699 g/mol. The lowest BCUT2D eigenvalue weighted by Gasteiger charge is -2.18. The molecule has 0 saturated carbocycles. The second kappa shape index (κ2) is 40.7. The van der Waals surface area contributed by atoms with E-state index in [9.17, 15) is 14.2 Å². The highest BCUT2D eigenvalue weighted by Gasteiger charge is 2.22. The quantitative estimate of drug-likeness (QED) is 0.0273. The van der Waals surface area contributed by atoms with Crippen LogP contribution in [-0.2, 0) is 28.2 Å². The average molecular weight is 781 g/mol. The molecule has 0 heterocycles. The van der Waals surface area contributed by atoms with Crippen molar-refractivity contribution in [3.8, 4) is 0 Å². The molecule has 0 aliphatic heterocycles. The second-order valence-electron chi connectivity index (χ2n) is 14.6. The molecule has 0 unspecified atom stereocenters. The van der Waals surface area contributed by atoms with Crippen LogP contribution in [-0.4, -0.2) is 41.0 Å². The summed E-state index contributed by atoms with van der Waals surface area (Å²) in [6.07, 6.45) is 49.9. The number of esters is 2. The van der Waals surface area contributed by atoms with Gasteiger partial charge >= 0.3 is 19.8 Å². The summed E-state index contributed by atoms with van der Waals surface area (Å²) in [6.45, 7) is 3.55. The van der Waals surface area contributed by atoms with Crippen molar-refractivity contribution < 1.29 is 37.9 Å². The van der Waals surface area contributed by atoms with Gasteiger partial charge in [0.15, 0.2) is 6.10 Å². The number of phosphoric ester groups is 1. The van der Waals surface area contributed by atoms with Crippen molar-refractivity contribution in [3.05, 3.63) is 48.6 Å². The molecule has 0 radical (unpaired) electrons. The number of rotatable bonds is 40. The van der Waals surface area contributed by atoms with Crippen LogP contribution >= 0.6 is 7.82 Å². The third kappa shape index (κ3) is 42.7. The Labute approximate surface area is 331 Å². The summed E-state index contributed by atoms with van der Waals surface area (Å²) in [5, 5.41) is 0. The van der Waals surface area contributed by atoms with E-state index in [1.165, 1.54) is 116 Å². The summed E-state index contributed by atoms with van der Waals surface area (Å²) >= 11 is 0. The maximum absolute atomic E-state index is 12.4. The summed E-state index contributed by atoms with van der Waals surface area (Å²) in [7, 11) is -4.77. The summed E-state index contributed by atoms with van der Waals surface area (Å²) in [5.41, 5.74) is 0. The standard InChI is InChI=1S/C45H81O8P/c1-3-5-7-9-11-13-15-17-19-20-21-22-23-24-26-27-29-31-33-35-37-39-44(46)51-41-43(42-52-54(48,49)50)53-45(47)40-38-36-34-32-30-28-25-18-16-14-12-10-8-6-4-2/h6,8,12,14,18,25,30,32,43H,3-5,7,9-11,13,15-17,19-24,26-29,31,33-42H2,1-2H3,(H2,48,49,50)/b8-6-,14-12-,25-18-,32-30-/t43-/m1/s1. The van der Waals surface area contributed by atoms with Crippen LogP contribution in [0.3, 0.4) is 0 Å². The smallest absolute Gasteiger partial charge is 0.462 e. The molecule has 0 aromatic carbocycles. The third-order valence-corrected chi connectivity index (χ3v) is 9.85. The zero-order chi connectivity index (χ0) is 39.6. The van der Waals surface area contributed by atoms with Gasteiger partial charge in [-0.15, -0.1) is 0 Å². The number of unbranched alkanes of at least 4 members (excludes halogenated alkanes) is 22. The maximum Gasteiger partial charge on any atom is 0.469 e. The van der Waals surface area contributed by atoms with E-state index in [0.29, 0.717) is 6.42 Å². The molecule has 8 nitrogen and oxygen atoms in total. The van der Waals surface area contributed by atoms with E-state index in [0.717, 1.165) is 57.8 Å². The summed E-state index contributed by atoms with van der Waals surface area (Å²) in [5.74, 6) is -0.928. The van der Waals surface area contributed by atoms with Crippen molar-refractivity contribution in [1.29, 1.82) is 0 Å². The van der Waals surface area contributed by atoms with Crippen molar-refractivity contribution in [1.82, 2.24) is 0 Å². The van der Waals surface area contributed by atoms with Gasteiger partial charge in [-0.25, -0.2) is 4.57 Å². The Balaban J connectivity index is 3.89. The lowest BCUT2D eigenvalue weighted by molar-refractivity contribution is -0.161. The Hall–Kier alpha value is -1.99. The van der Waals surface area contributed by atoms with Crippen LogP contribution in [0.15, 0.2) is 48.6 Å². The van der Waals surface area contributed by atoms with Crippen LogP contribution in [0.5, 0.6) is 0 Å². The van der Waals surface area contributed by atoms with Crippen LogP contribution in [0, 0.1) is 0 Å². The highest BCUT2D eigenvalue weighted by Crippen LogP contribution is 2.36. The van der Waals surface area contributed by atoms with Gasteiger partial charge in [0.1, 0.15) is 6.61 Å². The van der Waals surface area contributed by atoms with Gasteiger partial charge in [0.05, 0.1) is 6.61 Å². The molecule has 0 aromatic rings. The van der Waals surface area contributed by atoms with E-state index < -0.39 is 32.5 Å². The molecule has 54 heavy (non-hydrogen) atoms. The van der Waals surface area contributed by atoms with Gasteiger partial charge in [-0.3, -0.25) is 14.1 Å². The monoisotopic (exact) mass is 781 g/mol. The van der Waals surface area contributed by atoms with Crippen LogP contribution in [0.1, 0.15) is 206 Å². The van der Waals surface area contributed by atoms with Gasteiger partial charge in [0, 0.05) is 12.8 Å². The maximum atomic E-state index is 12.4. The van der Waals surface area contributed by atoms with Gasteiger partial charge in [-0.05, 0) is 51.4 Å². The third-order valence-electron chi connectivity index (χ3n) is 9.36. The minimum atomic E-state index is -4.77. The summed E-state index contributed by atoms with van der Waals surface area (Å²) in [4.78, 5) is 42.9. The summed E-state index contributed by atoms with van der Waals surface area (Å²) in [6, 6.07) is 0. The van der Waals surface area contributed by atoms with Gasteiger partial charge in [-0.2, -0.15) is 0 Å². The van der Waals surface area contributed by atoms with E-state index >= 15 is 0 Å². The number of ether oxygens (including phenoxy) is 2. The first-order valence-electron chi connectivity index (χ1n) is 21.9. The fraction of sp³-hybridized carbons (Fsp3) is 0.778. The topological polar surface area (TPSA) is 119 Å². The molecule has 1 atom stereocenters. The van der Waals surface area contributed by atoms with Crippen LogP contribution < -0.4 is 0 Å². The summed E-state index contributed by atoms with van der Waals surface area (Å²) < 4.78 is 26.4. The Morgan fingerprint density at radius 2 is 0.889 bits per heavy atom. The Morgan fingerprint density at radius 1 is 0.500 bits per heavy atom. The van der Waals surface area contributed by atoms with E-state index in [4.69, 9.17) is 19.3 Å². The van der Waals surface area contributed by atoms with Crippen LogP contribution in [0.2, 0.25) is 0 Å². The van der Waals surface area contributed by atoms with E-state index in [-0.39, 0.29) is 19.4 Å². The SMILES string of the molecule is CC/C=C\C/C=C\C/C=C\C/C=C\CCCCC(=O)O[C@H](COC(=O)CCCCCCCCCCCCCCCCCCCCCCC)COP(=O)(O)O. The largest absolute Gasteiger partial charge is 0.469 e. The van der Waals surface area contributed by atoms with Gasteiger partial charge in [0.2, 0.25) is 0 Å². The molecular formula is C45H81O8P. The average Bonchev–Trinajstić information content (AvgIpc) is 3.14. The Morgan fingerprint density at radius 3 is 1.33 bits per heavy atom. The highest BCUT2D eigenvalue weighted by molar-refractivity contribution is 7.46. The number of allylic oxidation sites excluding steroid dienone is 8. The molecule has 0 saturated heterocycles. The molecule has 0 spiro atoms. The molecule has 9 heteroatoms. The van der Waals surface area contributed by atoms with Gasteiger partial charge in [0.25, 0.3) is 0 Å². The van der Waals surface area contributed by atoms with E-state index in [1.807, 2.05) is 0 Å². The lowest BCUT2D eigenvalue weighted by Crippen LogP contribution is -2.29. The fourth-order valence-corrected chi connectivity index (χ4v) is 6.49. The normalized spacial score (nSPS) is 12.9. The van der Waals surface area contributed by atoms with Gasteiger partial charge < -0.3 is 19.3 Å². The molecule has 0 amide bonds. The Kier molecular flexibility index (Phi) is 39.2. The fourth-order valence-electron chi connectivity index (χ4n) is 6.13. The number of hydrogen-bond acceptors (Lipinski definition) is 6. The molecule has 0 bridgehead atoms.